The first-order chi connectivity index (χ1) is 13.8. The van der Waals surface area contributed by atoms with Crippen LogP contribution in [0.3, 0.4) is 0 Å². The predicted molar refractivity (Wildman–Crippen MR) is 120 cm³/mol. The predicted octanol–water partition coefficient (Wildman–Crippen LogP) is 3.30. The lowest BCUT2D eigenvalue weighted by atomic mass is 10.1. The summed E-state index contributed by atoms with van der Waals surface area (Å²) in [5.74, 6) is -0.0888. The van der Waals surface area contributed by atoms with Gasteiger partial charge in [0.1, 0.15) is 0 Å². The lowest BCUT2D eigenvalue weighted by Crippen LogP contribution is -3.05. The van der Waals surface area contributed by atoms with Gasteiger partial charge in [-0.2, -0.15) is 0 Å². The van der Waals surface area contributed by atoms with E-state index in [2.05, 4.69) is 40.1 Å². The molecule has 29 heavy (non-hydrogen) atoms. The van der Waals surface area contributed by atoms with E-state index in [9.17, 15) is 9.59 Å². The summed E-state index contributed by atoms with van der Waals surface area (Å²) < 4.78 is 1.10. The Bertz CT molecular complexity index is 1040. The molecule has 0 aliphatic heterocycles. The van der Waals surface area contributed by atoms with Crippen molar-refractivity contribution in [2.75, 3.05) is 32.1 Å². The second-order valence-electron chi connectivity index (χ2n) is 7.83. The molecule has 1 N–H and O–H groups in total. The monoisotopic (exact) mass is 410 g/mol. The molecular weight excluding hydrogens is 382 g/mol. The second-order valence-corrected chi connectivity index (χ2v) is 8.84. The molecule has 152 valence electrons. The fourth-order valence-electron chi connectivity index (χ4n) is 3.35. The fraction of sp³-hybridized carbons (Fsp3) is 0.348. The highest BCUT2D eigenvalue weighted by molar-refractivity contribution is 7.22. The van der Waals surface area contributed by atoms with E-state index in [0.29, 0.717) is 17.7 Å². The SMILES string of the molecule is CC(=O)c1ccc(C(=O)N(CCC[NH+](C)C)c2nc3c(C)cc(C)cc3s2)cc1. The van der Waals surface area contributed by atoms with E-state index in [4.69, 9.17) is 4.98 Å². The maximum Gasteiger partial charge on any atom is 0.260 e. The third-order valence-corrected chi connectivity index (χ3v) is 5.92. The summed E-state index contributed by atoms with van der Waals surface area (Å²) in [6.45, 7) is 7.23. The Balaban J connectivity index is 1.96. The van der Waals surface area contributed by atoms with Crippen LogP contribution >= 0.6 is 11.3 Å². The molecular formula is C23H28N3O2S+. The Morgan fingerprint density at radius 3 is 2.34 bits per heavy atom. The zero-order valence-corrected chi connectivity index (χ0v) is 18.5. The summed E-state index contributed by atoms with van der Waals surface area (Å²) in [6.07, 6.45) is 0.882. The van der Waals surface area contributed by atoms with Crippen LogP contribution in [0.15, 0.2) is 36.4 Å². The van der Waals surface area contributed by atoms with Crippen LogP contribution in [-0.4, -0.2) is 43.9 Å². The number of quaternary nitrogens is 1. The number of rotatable bonds is 7. The van der Waals surface area contributed by atoms with Gasteiger partial charge in [0, 0.05) is 24.1 Å². The molecule has 0 unspecified atom stereocenters. The lowest BCUT2D eigenvalue weighted by molar-refractivity contribution is -0.858. The molecule has 0 fully saturated rings. The van der Waals surface area contributed by atoms with Crippen molar-refractivity contribution in [3.05, 3.63) is 58.7 Å². The van der Waals surface area contributed by atoms with E-state index in [0.717, 1.165) is 33.9 Å². The molecule has 2 aromatic carbocycles. The van der Waals surface area contributed by atoms with Crippen molar-refractivity contribution in [3.63, 3.8) is 0 Å². The van der Waals surface area contributed by atoms with Crippen molar-refractivity contribution in [2.24, 2.45) is 0 Å². The summed E-state index contributed by atoms with van der Waals surface area (Å²) >= 11 is 1.56. The van der Waals surface area contributed by atoms with Crippen LogP contribution in [0.1, 0.15) is 45.2 Å². The number of nitrogens with zero attached hydrogens (tertiary/aromatic N) is 2. The molecule has 1 aromatic heterocycles. The summed E-state index contributed by atoms with van der Waals surface area (Å²) in [4.78, 5) is 32.8. The number of nitrogens with one attached hydrogen (secondary N) is 1. The van der Waals surface area contributed by atoms with E-state index in [1.807, 2.05) is 0 Å². The first kappa shape index (κ1) is 21.1. The first-order valence-corrected chi connectivity index (χ1v) is 10.7. The maximum atomic E-state index is 13.3. The molecule has 0 aliphatic rings. The number of hydrogen-bond acceptors (Lipinski definition) is 4. The Labute approximate surface area is 176 Å². The van der Waals surface area contributed by atoms with Gasteiger partial charge in [-0.15, -0.1) is 0 Å². The van der Waals surface area contributed by atoms with E-state index < -0.39 is 0 Å². The van der Waals surface area contributed by atoms with Crippen molar-refractivity contribution in [1.29, 1.82) is 0 Å². The van der Waals surface area contributed by atoms with Crippen LogP contribution in [0.5, 0.6) is 0 Å². The number of carbonyl (C=O) groups excluding carboxylic acids is 2. The molecule has 0 bridgehead atoms. The number of aryl methyl sites for hydroxylation is 2. The number of ketones is 1. The van der Waals surface area contributed by atoms with Gasteiger partial charge >= 0.3 is 0 Å². The third-order valence-electron chi connectivity index (χ3n) is 4.89. The molecule has 1 heterocycles. The first-order valence-electron chi connectivity index (χ1n) is 9.86. The van der Waals surface area contributed by atoms with Gasteiger partial charge in [0.05, 0.1) is 30.9 Å². The number of aromatic nitrogens is 1. The highest BCUT2D eigenvalue weighted by Crippen LogP contribution is 2.32. The van der Waals surface area contributed by atoms with E-state index in [1.54, 1.807) is 40.5 Å². The number of benzene rings is 2. The molecule has 0 saturated heterocycles. The number of anilines is 1. The van der Waals surface area contributed by atoms with Crippen molar-refractivity contribution in [3.8, 4) is 0 Å². The molecule has 0 saturated carbocycles. The average Bonchev–Trinajstić information content (AvgIpc) is 3.08. The van der Waals surface area contributed by atoms with Crippen molar-refractivity contribution in [2.45, 2.75) is 27.2 Å². The van der Waals surface area contributed by atoms with Gasteiger partial charge in [-0.3, -0.25) is 14.5 Å². The molecule has 3 rings (SSSR count). The van der Waals surface area contributed by atoms with Crippen molar-refractivity contribution in [1.82, 2.24) is 4.98 Å². The quantitative estimate of drug-likeness (QED) is 0.608. The van der Waals surface area contributed by atoms with E-state index in [-0.39, 0.29) is 11.7 Å². The lowest BCUT2D eigenvalue weighted by Gasteiger charge is -2.20. The molecule has 1 amide bonds. The zero-order valence-electron chi connectivity index (χ0n) is 17.7. The molecule has 6 heteroatoms. The van der Waals surface area contributed by atoms with Crippen LogP contribution < -0.4 is 9.80 Å². The average molecular weight is 411 g/mol. The Hall–Kier alpha value is -2.57. The van der Waals surface area contributed by atoms with Crippen molar-refractivity contribution >= 4 is 38.4 Å². The summed E-state index contributed by atoms with van der Waals surface area (Å²) in [7, 11) is 4.22. The number of fused-ring (bicyclic) bond motifs is 1. The highest BCUT2D eigenvalue weighted by Gasteiger charge is 2.22. The minimum Gasteiger partial charge on any atom is -0.340 e. The minimum absolute atomic E-state index is 0.00756. The van der Waals surface area contributed by atoms with Gasteiger partial charge in [0.2, 0.25) is 0 Å². The van der Waals surface area contributed by atoms with Crippen LogP contribution in [0.4, 0.5) is 5.13 Å². The van der Waals surface area contributed by atoms with Crippen LogP contribution in [0.2, 0.25) is 0 Å². The summed E-state index contributed by atoms with van der Waals surface area (Å²) in [6, 6.07) is 11.1. The standard InChI is InChI=1S/C23H27N3O2S/c1-15-13-16(2)21-20(14-15)29-23(24-21)26(12-6-11-25(4)5)22(28)19-9-7-18(8-10-19)17(3)27/h7-10,13-14H,6,11-12H2,1-5H3/p+1. The largest absolute Gasteiger partial charge is 0.340 e. The second kappa shape index (κ2) is 8.84. The number of thiazole rings is 1. The van der Waals surface area contributed by atoms with Gasteiger partial charge < -0.3 is 4.90 Å². The third kappa shape index (κ3) is 4.89. The molecule has 5 nitrogen and oxygen atoms in total. The molecule has 0 spiro atoms. The normalized spacial score (nSPS) is 11.2. The fourth-order valence-corrected chi connectivity index (χ4v) is 4.52. The van der Waals surface area contributed by atoms with Crippen LogP contribution in [0.25, 0.3) is 10.2 Å². The molecule has 0 atom stereocenters. The van der Waals surface area contributed by atoms with Crippen LogP contribution in [0, 0.1) is 13.8 Å². The summed E-state index contributed by atoms with van der Waals surface area (Å²) in [5.41, 5.74) is 4.45. The van der Waals surface area contributed by atoms with Gasteiger partial charge in [-0.1, -0.05) is 29.5 Å². The Kier molecular flexibility index (Phi) is 6.45. The number of Topliss-reactive ketones (excluding diaryl/α,β-unsaturated/α-hetero) is 1. The smallest absolute Gasteiger partial charge is 0.260 e. The summed E-state index contributed by atoms with van der Waals surface area (Å²) in [5, 5.41) is 0.725. The topological polar surface area (TPSA) is 54.7 Å². The van der Waals surface area contributed by atoms with Gasteiger partial charge in [0.15, 0.2) is 10.9 Å². The van der Waals surface area contributed by atoms with Crippen molar-refractivity contribution < 1.29 is 14.5 Å². The minimum atomic E-state index is -0.0812. The van der Waals surface area contributed by atoms with Gasteiger partial charge in [-0.25, -0.2) is 4.98 Å². The van der Waals surface area contributed by atoms with E-state index >= 15 is 0 Å². The number of carbonyl (C=O) groups is 2. The van der Waals surface area contributed by atoms with Gasteiger partial charge in [0.25, 0.3) is 5.91 Å². The van der Waals surface area contributed by atoms with E-state index in [1.165, 1.54) is 17.4 Å². The van der Waals surface area contributed by atoms with Gasteiger partial charge in [-0.05, 0) is 50.1 Å². The Morgan fingerprint density at radius 2 is 1.72 bits per heavy atom. The highest BCUT2D eigenvalue weighted by atomic mass is 32.1. The molecule has 0 radical (unpaired) electrons. The van der Waals surface area contributed by atoms with Crippen LogP contribution in [-0.2, 0) is 0 Å². The Morgan fingerprint density at radius 1 is 1.07 bits per heavy atom. The zero-order chi connectivity index (χ0) is 21.1. The molecule has 3 aromatic rings. The maximum absolute atomic E-state index is 13.3. The number of hydrogen-bond donors (Lipinski definition) is 1. The molecule has 0 aliphatic carbocycles. The number of amides is 1.